The second kappa shape index (κ2) is 6.38. The molecule has 2 aromatic rings. The summed E-state index contributed by atoms with van der Waals surface area (Å²) in [7, 11) is 0. The smallest absolute Gasteiger partial charge is 0.225 e. The van der Waals surface area contributed by atoms with Crippen molar-refractivity contribution in [1.82, 2.24) is 19.9 Å². The van der Waals surface area contributed by atoms with Crippen LogP contribution in [0.25, 0.3) is 0 Å². The molecule has 0 saturated carbocycles. The molecular weight excluding hydrogens is 369 g/mol. The van der Waals surface area contributed by atoms with Gasteiger partial charge in [-0.25, -0.2) is 14.4 Å². The average Bonchev–Trinajstić information content (AvgIpc) is 3.02. The Balaban J connectivity index is 1.73. The molecule has 2 aromatic heterocycles. The van der Waals surface area contributed by atoms with Crippen LogP contribution in [-0.2, 0) is 10.3 Å². The minimum absolute atomic E-state index is 0.0284. The second-order valence-corrected chi connectivity index (χ2v) is 8.62. The van der Waals surface area contributed by atoms with Gasteiger partial charge in [-0.05, 0) is 13.8 Å². The first kappa shape index (κ1) is 18.1. The molecule has 0 spiro atoms. The maximum atomic E-state index is 14.1. The van der Waals surface area contributed by atoms with Crippen LogP contribution in [0.1, 0.15) is 25.2 Å². The third kappa shape index (κ3) is 3.12. The lowest BCUT2D eigenvalue weighted by Crippen LogP contribution is -2.40. The van der Waals surface area contributed by atoms with Gasteiger partial charge in [-0.1, -0.05) is 11.8 Å². The quantitative estimate of drug-likeness (QED) is 0.800. The molecule has 142 valence electrons. The minimum atomic E-state index is -1.40. The second-order valence-electron chi connectivity index (χ2n) is 7.26. The van der Waals surface area contributed by atoms with Gasteiger partial charge in [0.15, 0.2) is 11.0 Å². The molecule has 0 radical (unpaired) electrons. The maximum Gasteiger partial charge on any atom is 0.225 e. The molecule has 2 atom stereocenters. The van der Waals surface area contributed by atoms with Crippen LogP contribution in [0.5, 0.6) is 0 Å². The molecular formula is C17H20FN7OS. The number of hydrogen-bond donors (Lipinski definition) is 2. The number of thioether (sulfide) groups is 1. The molecule has 3 N–H and O–H groups in total. The van der Waals surface area contributed by atoms with Crippen LogP contribution in [0.4, 0.5) is 10.3 Å². The zero-order valence-electron chi connectivity index (χ0n) is 15.0. The third-order valence-electron chi connectivity index (χ3n) is 4.87. The lowest BCUT2D eigenvalue weighted by molar-refractivity contribution is 0.0693. The number of fused-ring (bicyclic) bond motifs is 1. The fourth-order valence-electron chi connectivity index (χ4n) is 3.58. The van der Waals surface area contributed by atoms with E-state index in [-0.39, 0.29) is 11.6 Å². The highest BCUT2D eigenvalue weighted by atomic mass is 32.2. The van der Waals surface area contributed by atoms with Crippen molar-refractivity contribution in [2.24, 2.45) is 16.6 Å². The van der Waals surface area contributed by atoms with Gasteiger partial charge in [0.05, 0.1) is 16.6 Å². The number of amidine groups is 1. The van der Waals surface area contributed by atoms with E-state index < -0.39 is 16.2 Å². The monoisotopic (exact) mass is 389 g/mol. The van der Waals surface area contributed by atoms with Crippen molar-refractivity contribution >= 4 is 22.9 Å². The third-order valence-corrected chi connectivity index (χ3v) is 6.24. The Labute approximate surface area is 160 Å². The van der Waals surface area contributed by atoms with Gasteiger partial charge in [0.2, 0.25) is 5.95 Å². The van der Waals surface area contributed by atoms with Gasteiger partial charge < -0.3 is 15.7 Å². The van der Waals surface area contributed by atoms with E-state index in [0.29, 0.717) is 30.8 Å². The Morgan fingerprint density at radius 3 is 2.85 bits per heavy atom. The first-order valence-corrected chi connectivity index (χ1v) is 9.37. The largest absolute Gasteiger partial charge is 0.384 e. The van der Waals surface area contributed by atoms with Crippen molar-refractivity contribution in [3.63, 3.8) is 0 Å². The lowest BCUT2D eigenvalue weighted by Gasteiger charge is -2.34. The molecule has 27 heavy (non-hydrogen) atoms. The van der Waals surface area contributed by atoms with E-state index in [1.807, 2.05) is 4.90 Å². The molecule has 1 saturated heterocycles. The highest BCUT2D eigenvalue weighted by molar-refractivity contribution is 8.14. The average molecular weight is 389 g/mol. The Morgan fingerprint density at radius 1 is 1.33 bits per heavy atom. The first-order chi connectivity index (χ1) is 12.8. The predicted molar refractivity (Wildman–Crippen MR) is 101 cm³/mol. The van der Waals surface area contributed by atoms with E-state index in [1.165, 1.54) is 25.6 Å². The number of aliphatic hydroxyl groups is 1. The standard InChI is InChI=1S/C17H20FN7OS/c1-16(2,26)13-11(18)6-23-15(24-13)25-8-10-5-22-14(19)27-17(10,9-25)12-7-20-3-4-21-12/h3-4,6-7,10,26H,5,8-9H2,1-2H3,(H2,19,22)/t10-,17-/m0/s1. The molecule has 4 rings (SSSR count). The van der Waals surface area contributed by atoms with Gasteiger partial charge in [0.1, 0.15) is 11.3 Å². The molecule has 0 bridgehead atoms. The molecule has 0 amide bonds. The maximum absolute atomic E-state index is 14.1. The van der Waals surface area contributed by atoms with Gasteiger partial charge in [-0.15, -0.1) is 0 Å². The van der Waals surface area contributed by atoms with Crippen molar-refractivity contribution in [3.8, 4) is 0 Å². The van der Waals surface area contributed by atoms with Crippen LogP contribution in [-0.4, -0.2) is 49.8 Å². The van der Waals surface area contributed by atoms with E-state index in [0.717, 1.165) is 11.9 Å². The number of aliphatic imine (C=N–C) groups is 1. The van der Waals surface area contributed by atoms with Crippen LogP contribution < -0.4 is 10.6 Å². The summed E-state index contributed by atoms with van der Waals surface area (Å²) < 4.78 is 13.7. The van der Waals surface area contributed by atoms with E-state index in [1.54, 1.807) is 18.6 Å². The molecule has 0 unspecified atom stereocenters. The highest BCUT2D eigenvalue weighted by Crippen LogP contribution is 2.50. The molecule has 0 aliphatic carbocycles. The zero-order valence-corrected chi connectivity index (χ0v) is 15.8. The lowest BCUT2D eigenvalue weighted by atomic mass is 9.91. The summed E-state index contributed by atoms with van der Waals surface area (Å²) in [5.74, 6) is -0.135. The summed E-state index contributed by atoms with van der Waals surface area (Å²) in [4.78, 5) is 23.5. The van der Waals surface area contributed by atoms with Crippen LogP contribution in [0.2, 0.25) is 0 Å². The number of nitrogens with two attached hydrogens (primary N) is 1. The SMILES string of the molecule is CC(C)(O)c1nc(N2C[C@@H]3CN=C(N)S[C@@]3(c3cnccn3)C2)ncc1F. The van der Waals surface area contributed by atoms with Crippen LogP contribution in [0, 0.1) is 11.7 Å². The normalized spacial score (nSPS) is 25.3. The summed E-state index contributed by atoms with van der Waals surface area (Å²) in [6, 6.07) is 0. The Morgan fingerprint density at radius 2 is 2.15 bits per heavy atom. The Kier molecular flexibility index (Phi) is 4.26. The zero-order chi connectivity index (χ0) is 19.2. The van der Waals surface area contributed by atoms with Gasteiger partial charge in [0.25, 0.3) is 0 Å². The fourth-order valence-corrected chi connectivity index (χ4v) is 4.84. The molecule has 2 aliphatic heterocycles. The fraction of sp³-hybridized carbons (Fsp3) is 0.471. The first-order valence-electron chi connectivity index (χ1n) is 8.55. The summed E-state index contributed by atoms with van der Waals surface area (Å²) in [5, 5.41) is 10.7. The topological polar surface area (TPSA) is 113 Å². The van der Waals surface area contributed by atoms with E-state index in [4.69, 9.17) is 5.73 Å². The molecule has 8 nitrogen and oxygen atoms in total. The molecule has 10 heteroatoms. The van der Waals surface area contributed by atoms with Crippen LogP contribution in [0.15, 0.2) is 29.8 Å². The van der Waals surface area contributed by atoms with Crippen molar-refractivity contribution < 1.29 is 9.50 Å². The number of rotatable bonds is 3. The molecule has 1 fully saturated rings. The number of halogens is 1. The molecule has 4 heterocycles. The van der Waals surface area contributed by atoms with E-state index >= 15 is 0 Å². The summed E-state index contributed by atoms with van der Waals surface area (Å²) >= 11 is 1.47. The van der Waals surface area contributed by atoms with E-state index in [9.17, 15) is 9.50 Å². The van der Waals surface area contributed by atoms with Crippen LogP contribution >= 0.6 is 11.8 Å². The Hall–Kier alpha value is -2.33. The van der Waals surface area contributed by atoms with Gasteiger partial charge in [0, 0.05) is 44.1 Å². The van der Waals surface area contributed by atoms with E-state index in [2.05, 4.69) is 24.9 Å². The number of hydrogen-bond acceptors (Lipinski definition) is 9. The minimum Gasteiger partial charge on any atom is -0.384 e. The number of aromatic nitrogens is 4. The van der Waals surface area contributed by atoms with Gasteiger partial charge in [-0.3, -0.25) is 15.0 Å². The summed E-state index contributed by atoms with van der Waals surface area (Å²) in [5.41, 5.74) is 5.42. The van der Waals surface area contributed by atoms with Crippen molar-refractivity contribution in [1.29, 1.82) is 0 Å². The van der Waals surface area contributed by atoms with Crippen molar-refractivity contribution in [3.05, 3.63) is 42.0 Å². The van der Waals surface area contributed by atoms with Crippen molar-refractivity contribution in [2.75, 3.05) is 24.5 Å². The highest BCUT2D eigenvalue weighted by Gasteiger charge is 2.52. The molecule has 2 aliphatic rings. The Bertz CT molecular complexity index is 889. The van der Waals surface area contributed by atoms with Gasteiger partial charge in [-0.2, -0.15) is 0 Å². The molecule has 0 aromatic carbocycles. The number of anilines is 1. The number of nitrogens with zero attached hydrogens (tertiary/aromatic N) is 6. The van der Waals surface area contributed by atoms with Crippen LogP contribution in [0.3, 0.4) is 0 Å². The predicted octanol–water partition coefficient (Wildman–Crippen LogP) is 1.03. The van der Waals surface area contributed by atoms with Gasteiger partial charge >= 0.3 is 0 Å². The summed E-state index contributed by atoms with van der Waals surface area (Å²) in [6.45, 7) is 4.71. The van der Waals surface area contributed by atoms with Crippen molar-refractivity contribution in [2.45, 2.75) is 24.2 Å². The summed E-state index contributed by atoms with van der Waals surface area (Å²) in [6.07, 6.45) is 6.14.